The summed E-state index contributed by atoms with van der Waals surface area (Å²) >= 11 is 0. The molecule has 2 aromatic carbocycles. The minimum absolute atomic E-state index is 0.858. The third-order valence-electron chi connectivity index (χ3n) is 4.86. The molecule has 2 N–H and O–H groups in total. The standard InChI is InChI=1S/C24H34O3Si2/c1-23(25,21-13-9-7-10-14-21)17-19-28(3,4)27-29(5,6)20-18-24(2,26)22-15-11-8-12-16-22/h7-20,25-26H,1-6H3/b19-17+,20-18+. The quantitative estimate of drug-likeness (QED) is 0.554. The summed E-state index contributed by atoms with van der Waals surface area (Å²) in [5.41, 5.74) is 3.75. The fourth-order valence-electron chi connectivity index (χ4n) is 3.22. The van der Waals surface area contributed by atoms with Gasteiger partial charge in [0, 0.05) is 0 Å². The zero-order chi connectivity index (χ0) is 21.8. The molecule has 0 fully saturated rings. The van der Waals surface area contributed by atoms with Crippen LogP contribution >= 0.6 is 0 Å². The molecule has 0 spiro atoms. The highest BCUT2D eigenvalue weighted by molar-refractivity contribution is 6.89. The van der Waals surface area contributed by atoms with Crippen LogP contribution in [0.5, 0.6) is 0 Å². The van der Waals surface area contributed by atoms with Gasteiger partial charge in [0.1, 0.15) is 11.2 Å². The first kappa shape index (κ1) is 23.5. The average molecular weight is 427 g/mol. The van der Waals surface area contributed by atoms with Gasteiger partial charge >= 0.3 is 0 Å². The molecular formula is C24H34O3Si2. The van der Waals surface area contributed by atoms with Crippen molar-refractivity contribution in [1.82, 2.24) is 0 Å². The van der Waals surface area contributed by atoms with E-state index in [0.29, 0.717) is 0 Å². The van der Waals surface area contributed by atoms with E-state index < -0.39 is 27.8 Å². The maximum atomic E-state index is 10.8. The van der Waals surface area contributed by atoms with Crippen LogP contribution in [0.3, 0.4) is 0 Å². The minimum Gasteiger partial charge on any atom is -0.449 e. The molecule has 0 aliphatic rings. The fourth-order valence-corrected chi connectivity index (χ4v) is 10.6. The predicted octanol–water partition coefficient (Wildman–Crippen LogP) is 5.42. The van der Waals surface area contributed by atoms with Gasteiger partial charge in [0.05, 0.1) is 0 Å². The van der Waals surface area contributed by atoms with Gasteiger partial charge in [0.25, 0.3) is 0 Å². The van der Waals surface area contributed by atoms with Gasteiger partial charge in [-0.3, -0.25) is 0 Å². The maximum absolute atomic E-state index is 10.8. The number of aliphatic hydroxyl groups is 2. The lowest BCUT2D eigenvalue weighted by Gasteiger charge is -2.31. The molecule has 29 heavy (non-hydrogen) atoms. The highest BCUT2D eigenvalue weighted by atomic mass is 28.4. The van der Waals surface area contributed by atoms with Gasteiger partial charge in [0.2, 0.25) is 0 Å². The van der Waals surface area contributed by atoms with E-state index in [-0.39, 0.29) is 0 Å². The summed E-state index contributed by atoms with van der Waals surface area (Å²) < 4.78 is 6.57. The highest BCUT2D eigenvalue weighted by Crippen LogP contribution is 2.26. The summed E-state index contributed by atoms with van der Waals surface area (Å²) in [4.78, 5) is 0. The lowest BCUT2D eigenvalue weighted by molar-refractivity contribution is 0.111. The van der Waals surface area contributed by atoms with Crippen LogP contribution in [0.4, 0.5) is 0 Å². The van der Waals surface area contributed by atoms with Crippen LogP contribution in [0.2, 0.25) is 26.2 Å². The van der Waals surface area contributed by atoms with Crippen LogP contribution in [0.1, 0.15) is 25.0 Å². The Kier molecular flexibility index (Phi) is 7.25. The topological polar surface area (TPSA) is 49.7 Å². The summed E-state index contributed by atoms with van der Waals surface area (Å²) in [7, 11) is -4.34. The molecule has 2 rings (SSSR count). The van der Waals surface area contributed by atoms with Crippen molar-refractivity contribution in [1.29, 1.82) is 0 Å². The molecule has 0 saturated carbocycles. The molecule has 156 valence electrons. The Balaban J connectivity index is 2.11. The largest absolute Gasteiger partial charge is 0.449 e. The Morgan fingerprint density at radius 2 is 0.966 bits per heavy atom. The molecule has 0 saturated heterocycles. The summed E-state index contributed by atoms with van der Waals surface area (Å²) in [5, 5.41) is 21.7. The first-order valence-corrected chi connectivity index (χ1v) is 16.0. The van der Waals surface area contributed by atoms with Gasteiger partial charge in [-0.05, 0) is 51.2 Å². The summed E-state index contributed by atoms with van der Waals surface area (Å²) in [6.07, 6.45) is 3.70. The lowest BCUT2D eigenvalue weighted by Crippen LogP contribution is -2.43. The molecular weight excluding hydrogens is 392 g/mol. The highest BCUT2D eigenvalue weighted by Gasteiger charge is 2.32. The van der Waals surface area contributed by atoms with E-state index in [0.717, 1.165) is 11.1 Å². The number of hydrogen-bond acceptors (Lipinski definition) is 3. The molecule has 0 amide bonds. The summed E-state index contributed by atoms with van der Waals surface area (Å²) in [6, 6.07) is 19.3. The van der Waals surface area contributed by atoms with Crippen LogP contribution in [-0.4, -0.2) is 26.8 Å². The molecule has 0 radical (unpaired) electrons. The van der Waals surface area contributed by atoms with Crippen molar-refractivity contribution in [3.8, 4) is 0 Å². The summed E-state index contributed by atoms with van der Waals surface area (Å²) in [5.74, 6) is 0. The van der Waals surface area contributed by atoms with E-state index in [4.69, 9.17) is 4.12 Å². The van der Waals surface area contributed by atoms with E-state index >= 15 is 0 Å². The lowest BCUT2D eigenvalue weighted by atomic mass is 9.97. The van der Waals surface area contributed by atoms with E-state index in [9.17, 15) is 10.2 Å². The second-order valence-corrected chi connectivity index (χ2v) is 16.9. The Bertz CT molecular complexity index is 767. The van der Waals surface area contributed by atoms with Gasteiger partial charge in [-0.1, -0.05) is 84.2 Å². The normalized spacial score (nSPS) is 17.4. The van der Waals surface area contributed by atoms with Crippen molar-refractivity contribution >= 4 is 16.6 Å². The molecule has 0 heterocycles. The Morgan fingerprint density at radius 1 is 0.655 bits per heavy atom. The maximum Gasteiger partial charge on any atom is 0.198 e. The van der Waals surface area contributed by atoms with Crippen molar-refractivity contribution < 1.29 is 14.3 Å². The van der Waals surface area contributed by atoms with Gasteiger partial charge in [-0.25, -0.2) is 0 Å². The first-order valence-electron chi connectivity index (χ1n) is 10.00. The molecule has 0 bridgehead atoms. The first-order chi connectivity index (χ1) is 13.3. The van der Waals surface area contributed by atoms with Crippen molar-refractivity contribution in [3.63, 3.8) is 0 Å². The van der Waals surface area contributed by atoms with E-state index in [2.05, 4.69) is 37.6 Å². The van der Waals surface area contributed by atoms with Crippen LogP contribution in [0.15, 0.2) is 84.2 Å². The van der Waals surface area contributed by atoms with Crippen LogP contribution in [-0.2, 0) is 15.3 Å². The fraction of sp³-hybridized carbons (Fsp3) is 0.333. The predicted molar refractivity (Wildman–Crippen MR) is 126 cm³/mol. The van der Waals surface area contributed by atoms with E-state index in [1.165, 1.54) is 0 Å². The minimum atomic E-state index is -2.17. The van der Waals surface area contributed by atoms with E-state index in [1.807, 2.05) is 72.8 Å². The Morgan fingerprint density at radius 3 is 1.28 bits per heavy atom. The third-order valence-corrected chi connectivity index (χ3v) is 11.0. The molecule has 2 unspecified atom stereocenters. The summed E-state index contributed by atoms with van der Waals surface area (Å²) in [6.45, 7) is 12.1. The number of rotatable bonds is 8. The van der Waals surface area contributed by atoms with E-state index in [1.54, 1.807) is 13.8 Å². The van der Waals surface area contributed by atoms with Crippen molar-refractivity contribution in [3.05, 3.63) is 95.3 Å². The molecule has 0 aromatic heterocycles. The molecule has 2 aromatic rings. The molecule has 0 aliphatic carbocycles. The Hall–Kier alpha value is -1.77. The van der Waals surface area contributed by atoms with Crippen LogP contribution in [0.25, 0.3) is 0 Å². The molecule has 3 nitrogen and oxygen atoms in total. The smallest absolute Gasteiger partial charge is 0.198 e. The Labute approximate surface area is 177 Å². The third kappa shape index (κ3) is 7.21. The monoisotopic (exact) mass is 426 g/mol. The zero-order valence-corrected chi connectivity index (χ0v) is 20.4. The SMILES string of the molecule is CC(O)(/C=C/[Si](C)(C)O[Si](C)(C)/C=C/C(C)(O)c1ccccc1)c1ccccc1. The average Bonchev–Trinajstić information content (AvgIpc) is 2.66. The van der Waals surface area contributed by atoms with Gasteiger partial charge < -0.3 is 14.3 Å². The van der Waals surface area contributed by atoms with Crippen LogP contribution in [0, 0.1) is 0 Å². The number of hydrogen-bond donors (Lipinski definition) is 2. The zero-order valence-electron chi connectivity index (χ0n) is 18.4. The second-order valence-electron chi connectivity index (χ2n) is 9.00. The van der Waals surface area contributed by atoms with Gasteiger partial charge in [0.15, 0.2) is 16.6 Å². The van der Waals surface area contributed by atoms with Crippen LogP contribution < -0.4 is 0 Å². The van der Waals surface area contributed by atoms with Crippen molar-refractivity contribution in [2.45, 2.75) is 51.2 Å². The second kappa shape index (κ2) is 8.94. The molecule has 2 atom stereocenters. The number of benzene rings is 2. The van der Waals surface area contributed by atoms with Gasteiger partial charge in [-0.15, -0.1) is 0 Å². The van der Waals surface area contributed by atoms with Crippen molar-refractivity contribution in [2.24, 2.45) is 0 Å². The van der Waals surface area contributed by atoms with Crippen molar-refractivity contribution in [2.75, 3.05) is 0 Å². The molecule has 5 heteroatoms. The molecule has 0 aliphatic heterocycles. The van der Waals surface area contributed by atoms with Gasteiger partial charge in [-0.2, -0.15) is 0 Å².